The van der Waals surface area contributed by atoms with E-state index in [4.69, 9.17) is 14.2 Å². The van der Waals surface area contributed by atoms with Gasteiger partial charge in [-0.2, -0.15) is 0 Å². The highest BCUT2D eigenvalue weighted by Gasteiger charge is 2.61. The zero-order chi connectivity index (χ0) is 29.0. The number of esters is 3. The number of hydrogen-bond donors (Lipinski definition) is 4. The summed E-state index contributed by atoms with van der Waals surface area (Å²) in [6, 6.07) is 7.56. The van der Waals surface area contributed by atoms with Crippen molar-refractivity contribution < 1.29 is 43.6 Å². The van der Waals surface area contributed by atoms with Gasteiger partial charge >= 0.3 is 35.9 Å². The van der Waals surface area contributed by atoms with Crippen molar-refractivity contribution in [2.24, 2.45) is 0 Å². The summed E-state index contributed by atoms with van der Waals surface area (Å²) in [5.41, 5.74) is 3.54. The number of imidazole rings is 1. The van der Waals surface area contributed by atoms with Gasteiger partial charge in [0.25, 0.3) is 0 Å². The van der Waals surface area contributed by atoms with Crippen LogP contribution in [0.3, 0.4) is 0 Å². The van der Waals surface area contributed by atoms with Crippen molar-refractivity contribution in [1.82, 2.24) is 9.38 Å². The third kappa shape index (κ3) is 4.62. The number of hydrogen-bond acceptors (Lipinski definition) is 11. The number of benzene rings is 1. The molecule has 3 aromatic rings. The van der Waals surface area contributed by atoms with Gasteiger partial charge in [0.1, 0.15) is 0 Å². The number of anilines is 2. The number of nitrogens with zero attached hydrogens (tertiary/aromatic N) is 2. The molecular formula is C27H28N4O9. The number of carbonyl (C=O) groups excluding carboxylic acids is 4. The second kappa shape index (κ2) is 9.61. The molecule has 3 atom stereocenters. The van der Waals surface area contributed by atoms with Crippen molar-refractivity contribution >= 4 is 40.8 Å². The zero-order valence-electron chi connectivity index (χ0n) is 22.2. The highest BCUT2D eigenvalue weighted by Crippen LogP contribution is 2.34. The fraction of sp³-hybridized carbons (Fsp3) is 0.370. The Labute approximate surface area is 228 Å². The number of cyclic esters (lactones) is 1. The molecule has 0 aliphatic carbocycles. The van der Waals surface area contributed by atoms with Crippen LogP contribution in [0.2, 0.25) is 0 Å². The molecule has 0 radical (unpaired) electrons. The number of aliphatic hydroxyl groups is 2. The lowest BCUT2D eigenvalue weighted by Gasteiger charge is -2.34. The van der Waals surface area contributed by atoms with E-state index in [1.807, 2.05) is 45.9 Å². The average Bonchev–Trinajstić information content (AvgIpc) is 3.10. The Hall–Kier alpha value is -4.49. The minimum Gasteiger partial charge on any atom is -0.417 e. The van der Waals surface area contributed by atoms with Gasteiger partial charge in [-0.25, -0.2) is 9.78 Å². The smallest absolute Gasteiger partial charge is 0.367 e. The third-order valence-corrected chi connectivity index (χ3v) is 7.17. The summed E-state index contributed by atoms with van der Waals surface area (Å²) in [6.45, 7) is 8.14. The monoisotopic (exact) mass is 552 g/mol. The number of amides is 1. The van der Waals surface area contributed by atoms with E-state index in [1.54, 1.807) is 16.7 Å². The number of nitrogens with one attached hydrogen (secondary N) is 2. The van der Waals surface area contributed by atoms with Gasteiger partial charge in [0.05, 0.1) is 29.9 Å². The molecule has 5 rings (SSSR count). The first-order chi connectivity index (χ1) is 18.8. The lowest BCUT2D eigenvalue weighted by Crippen LogP contribution is -2.60. The lowest BCUT2D eigenvalue weighted by atomic mass is 9.95. The van der Waals surface area contributed by atoms with Crippen LogP contribution in [-0.4, -0.2) is 61.1 Å². The Morgan fingerprint density at radius 2 is 1.75 bits per heavy atom. The highest BCUT2D eigenvalue weighted by atomic mass is 16.8. The summed E-state index contributed by atoms with van der Waals surface area (Å²) in [5, 5.41) is 27.4. The molecule has 1 amide bonds. The van der Waals surface area contributed by atoms with Gasteiger partial charge in [-0.15, -0.1) is 0 Å². The standard InChI is InChI=1S/C27H28N4O9/c1-13-6-5-7-14(2)18(13)11-28-19-8-17(12-31-16(4)15(3)29-22(19)31)30-23(34)27(37)25-38-20(32)9-26(36,24(35)39-25)10-21(33)40-27/h5-8,12,25,28,36-37H,9-11H2,1-4H3,(H,30,34)/t25?,26?,27-/m0/s1. The quantitative estimate of drug-likeness (QED) is 0.335. The molecule has 0 spiro atoms. The summed E-state index contributed by atoms with van der Waals surface area (Å²) in [7, 11) is 0. The van der Waals surface area contributed by atoms with Crippen LogP contribution in [0.15, 0.2) is 30.5 Å². The van der Waals surface area contributed by atoms with E-state index >= 15 is 0 Å². The first-order valence-corrected chi connectivity index (χ1v) is 12.5. The molecule has 2 aliphatic heterocycles. The number of aryl methyl sites for hydroxylation is 4. The minimum atomic E-state index is -3.24. The fourth-order valence-corrected chi connectivity index (χ4v) is 4.75. The number of carbonyl (C=O) groups is 4. The SMILES string of the molecule is Cc1cccc(C)c1CNc1cc(NC(=O)[C@]2(O)OC(=O)CC3(O)CC(=O)OC2OC3=O)cn2c(C)c(C)nc12. The largest absolute Gasteiger partial charge is 0.417 e. The molecule has 2 fully saturated rings. The van der Waals surface area contributed by atoms with Crippen molar-refractivity contribution in [2.75, 3.05) is 10.6 Å². The second-order valence-corrected chi connectivity index (χ2v) is 10.1. The maximum atomic E-state index is 13.4. The predicted octanol–water partition coefficient (Wildman–Crippen LogP) is 1.30. The van der Waals surface area contributed by atoms with Gasteiger partial charge in [0, 0.05) is 18.4 Å². The van der Waals surface area contributed by atoms with Crippen LogP contribution in [0.1, 0.15) is 40.9 Å². The summed E-state index contributed by atoms with van der Waals surface area (Å²) in [4.78, 5) is 55.1. The van der Waals surface area contributed by atoms with Crippen molar-refractivity contribution in [3.8, 4) is 0 Å². The van der Waals surface area contributed by atoms with Crippen LogP contribution < -0.4 is 10.6 Å². The molecule has 4 heterocycles. The van der Waals surface area contributed by atoms with Gasteiger partial charge < -0.3 is 39.5 Å². The summed E-state index contributed by atoms with van der Waals surface area (Å²) >= 11 is 0. The first kappa shape index (κ1) is 27.1. The van der Waals surface area contributed by atoms with E-state index in [0.29, 0.717) is 17.9 Å². The molecule has 4 N–H and O–H groups in total. The summed E-state index contributed by atoms with van der Waals surface area (Å²) in [6.07, 6.45) is -2.76. The Bertz CT molecular complexity index is 1560. The predicted molar refractivity (Wildman–Crippen MR) is 138 cm³/mol. The molecule has 13 heteroatoms. The van der Waals surface area contributed by atoms with Crippen molar-refractivity contribution in [3.63, 3.8) is 0 Å². The van der Waals surface area contributed by atoms with E-state index in [1.165, 1.54) is 0 Å². The molecule has 2 bridgehead atoms. The number of aromatic nitrogens is 2. The molecule has 2 aromatic heterocycles. The molecule has 2 unspecified atom stereocenters. The summed E-state index contributed by atoms with van der Waals surface area (Å²) in [5.74, 6) is -8.49. The molecule has 2 saturated heterocycles. The van der Waals surface area contributed by atoms with Gasteiger partial charge in [-0.05, 0) is 50.5 Å². The van der Waals surface area contributed by atoms with Crippen LogP contribution in [0.5, 0.6) is 0 Å². The molecular weight excluding hydrogens is 524 g/mol. The lowest BCUT2D eigenvalue weighted by molar-refractivity contribution is -0.295. The molecule has 210 valence electrons. The normalized spacial score (nSPS) is 24.4. The Balaban J connectivity index is 1.49. The van der Waals surface area contributed by atoms with E-state index in [0.717, 1.165) is 28.1 Å². The second-order valence-electron chi connectivity index (χ2n) is 10.1. The molecule has 1 aromatic carbocycles. The molecule has 2 aliphatic rings. The van der Waals surface area contributed by atoms with Gasteiger partial charge in [0.15, 0.2) is 11.2 Å². The van der Waals surface area contributed by atoms with Crippen LogP contribution >= 0.6 is 0 Å². The molecule has 40 heavy (non-hydrogen) atoms. The van der Waals surface area contributed by atoms with Crippen LogP contribution in [0.25, 0.3) is 5.65 Å². The number of fused-ring (bicyclic) bond motifs is 4. The van der Waals surface area contributed by atoms with Gasteiger partial charge in [-0.1, -0.05) is 18.2 Å². The zero-order valence-corrected chi connectivity index (χ0v) is 22.2. The Morgan fingerprint density at radius 3 is 2.45 bits per heavy atom. The maximum absolute atomic E-state index is 13.4. The molecule has 0 saturated carbocycles. The van der Waals surface area contributed by atoms with Gasteiger partial charge in [-0.3, -0.25) is 14.4 Å². The van der Waals surface area contributed by atoms with E-state index in [9.17, 15) is 29.4 Å². The van der Waals surface area contributed by atoms with Crippen molar-refractivity contribution in [2.45, 2.75) is 64.8 Å². The van der Waals surface area contributed by atoms with Crippen molar-refractivity contribution in [1.29, 1.82) is 0 Å². The topological polar surface area (TPSA) is 178 Å². The van der Waals surface area contributed by atoms with Crippen LogP contribution in [0.4, 0.5) is 11.4 Å². The molecule has 13 nitrogen and oxygen atoms in total. The maximum Gasteiger partial charge on any atom is 0.367 e. The van der Waals surface area contributed by atoms with E-state index in [-0.39, 0.29) is 5.69 Å². The van der Waals surface area contributed by atoms with E-state index < -0.39 is 54.3 Å². The number of rotatable bonds is 5. The van der Waals surface area contributed by atoms with Crippen molar-refractivity contribution in [3.05, 3.63) is 58.5 Å². The Kier molecular flexibility index (Phi) is 6.51. The highest BCUT2D eigenvalue weighted by molar-refractivity contribution is 6.00. The van der Waals surface area contributed by atoms with Crippen LogP contribution in [-0.2, 0) is 39.9 Å². The first-order valence-electron chi connectivity index (χ1n) is 12.5. The Morgan fingerprint density at radius 1 is 1.07 bits per heavy atom. The number of ether oxygens (including phenoxy) is 3. The average molecular weight is 553 g/mol. The van der Waals surface area contributed by atoms with Gasteiger partial charge in [0.2, 0.25) is 0 Å². The minimum absolute atomic E-state index is 0.149. The third-order valence-electron chi connectivity index (χ3n) is 7.17. The fourth-order valence-electron chi connectivity index (χ4n) is 4.75. The number of pyridine rings is 1. The summed E-state index contributed by atoms with van der Waals surface area (Å²) < 4.78 is 16.4. The van der Waals surface area contributed by atoms with E-state index in [2.05, 4.69) is 15.6 Å². The van der Waals surface area contributed by atoms with Crippen LogP contribution in [0, 0.1) is 27.7 Å².